The number of fused-ring (bicyclic) bond motifs is 2. The van der Waals surface area contributed by atoms with Gasteiger partial charge in [-0.25, -0.2) is 0 Å². The van der Waals surface area contributed by atoms with Gasteiger partial charge in [0.15, 0.2) is 0 Å². The van der Waals surface area contributed by atoms with Gasteiger partial charge < -0.3 is 10.6 Å². The molecule has 1 fully saturated rings. The highest BCUT2D eigenvalue weighted by Crippen LogP contribution is 2.54. The second-order valence-corrected chi connectivity index (χ2v) is 8.42. The summed E-state index contributed by atoms with van der Waals surface area (Å²) >= 11 is 12.5. The molecular formula is C23H22Cl2N2O2. The molecule has 2 N–H and O–H groups in total. The molecule has 0 radical (unpaired) electrons. The molecule has 1 spiro atoms. The minimum atomic E-state index is -0.976. The molecule has 2 aliphatic rings. The lowest BCUT2D eigenvalue weighted by molar-refractivity contribution is -0.130. The molecule has 150 valence electrons. The molecule has 4 nitrogen and oxygen atoms in total. The Labute approximate surface area is 180 Å². The second-order valence-electron chi connectivity index (χ2n) is 7.54. The number of halogens is 2. The van der Waals surface area contributed by atoms with Gasteiger partial charge in [-0.3, -0.25) is 9.59 Å². The van der Waals surface area contributed by atoms with E-state index in [0.29, 0.717) is 15.7 Å². The van der Waals surface area contributed by atoms with Crippen molar-refractivity contribution >= 4 is 40.7 Å². The van der Waals surface area contributed by atoms with Crippen molar-refractivity contribution in [3.63, 3.8) is 0 Å². The fraction of sp³-hybridized carbons (Fsp3) is 0.304. The molecule has 2 aromatic carbocycles. The van der Waals surface area contributed by atoms with Crippen LogP contribution in [0.4, 0.5) is 5.69 Å². The number of allylic oxidation sites excluding steroid dienone is 1. The summed E-state index contributed by atoms with van der Waals surface area (Å²) in [7, 11) is 0. The Kier molecular flexibility index (Phi) is 5.18. The highest BCUT2D eigenvalue weighted by Gasteiger charge is 2.61. The number of amides is 2. The summed E-state index contributed by atoms with van der Waals surface area (Å²) in [6.07, 6.45) is 2.92. The normalized spacial score (nSPS) is 26.3. The van der Waals surface area contributed by atoms with Gasteiger partial charge in [0.05, 0.1) is 6.04 Å². The number of nitrogens with one attached hydrogen (secondary N) is 2. The standard InChI is InChI=1S/C23H22Cl2N2O2/c1-3-13(4-2)21-23(17-9-8-16(25)11-19(17)26-22(23)29)18(12-20(28)27-21)14-6-5-7-15(24)10-14/h3,5-11,18,21H,4,12H2,1-2H3,(H,26,29)(H,27,28). The first-order chi connectivity index (χ1) is 13.9. The highest BCUT2D eigenvalue weighted by atomic mass is 35.5. The van der Waals surface area contributed by atoms with Gasteiger partial charge in [-0.05, 0) is 48.7 Å². The summed E-state index contributed by atoms with van der Waals surface area (Å²) in [5.74, 6) is -0.560. The van der Waals surface area contributed by atoms with Crippen LogP contribution in [0.3, 0.4) is 0 Å². The summed E-state index contributed by atoms with van der Waals surface area (Å²) in [6, 6.07) is 12.5. The number of hydrogen-bond acceptors (Lipinski definition) is 2. The van der Waals surface area contributed by atoms with Crippen LogP contribution in [-0.2, 0) is 15.0 Å². The Morgan fingerprint density at radius 1 is 1.17 bits per heavy atom. The SMILES string of the molecule is CC=C(CC)C1NC(=O)CC(c2cccc(Cl)c2)C12C(=O)Nc1cc(Cl)ccc12. The van der Waals surface area contributed by atoms with Crippen LogP contribution >= 0.6 is 23.2 Å². The number of anilines is 1. The van der Waals surface area contributed by atoms with E-state index in [1.165, 1.54) is 0 Å². The van der Waals surface area contributed by atoms with Crippen molar-refractivity contribution in [2.45, 2.75) is 44.1 Å². The fourth-order valence-electron chi connectivity index (χ4n) is 4.91. The summed E-state index contributed by atoms with van der Waals surface area (Å²) in [4.78, 5) is 26.4. The van der Waals surface area contributed by atoms with E-state index in [4.69, 9.17) is 23.2 Å². The topological polar surface area (TPSA) is 58.2 Å². The zero-order valence-electron chi connectivity index (χ0n) is 16.3. The summed E-state index contributed by atoms with van der Waals surface area (Å²) in [5, 5.41) is 7.28. The largest absolute Gasteiger partial charge is 0.348 e. The maximum Gasteiger partial charge on any atom is 0.238 e. The molecule has 0 aliphatic carbocycles. The molecule has 4 rings (SSSR count). The van der Waals surface area contributed by atoms with Crippen molar-refractivity contribution in [2.24, 2.45) is 0 Å². The van der Waals surface area contributed by atoms with Crippen molar-refractivity contribution in [1.29, 1.82) is 0 Å². The summed E-state index contributed by atoms with van der Waals surface area (Å²) in [6.45, 7) is 3.98. The third-order valence-corrected chi connectivity index (χ3v) is 6.62. The van der Waals surface area contributed by atoms with Gasteiger partial charge in [-0.1, -0.05) is 60.0 Å². The van der Waals surface area contributed by atoms with Gasteiger partial charge in [0, 0.05) is 28.1 Å². The zero-order valence-corrected chi connectivity index (χ0v) is 17.8. The number of benzene rings is 2. The third kappa shape index (κ3) is 3.06. The van der Waals surface area contributed by atoms with E-state index in [0.717, 1.165) is 23.1 Å². The molecule has 29 heavy (non-hydrogen) atoms. The molecule has 6 heteroatoms. The molecule has 0 aromatic heterocycles. The first-order valence-electron chi connectivity index (χ1n) is 9.73. The maximum absolute atomic E-state index is 13.7. The van der Waals surface area contributed by atoms with Crippen LogP contribution in [0, 0.1) is 0 Å². The van der Waals surface area contributed by atoms with Crippen LogP contribution in [-0.4, -0.2) is 17.9 Å². The predicted octanol–water partition coefficient (Wildman–Crippen LogP) is 5.21. The van der Waals surface area contributed by atoms with Gasteiger partial charge >= 0.3 is 0 Å². The van der Waals surface area contributed by atoms with E-state index in [1.807, 2.05) is 44.2 Å². The second kappa shape index (κ2) is 7.51. The van der Waals surface area contributed by atoms with Crippen LogP contribution in [0.5, 0.6) is 0 Å². The van der Waals surface area contributed by atoms with Gasteiger partial charge in [-0.15, -0.1) is 0 Å². The van der Waals surface area contributed by atoms with E-state index in [2.05, 4.69) is 10.6 Å². The molecule has 2 aliphatic heterocycles. The van der Waals surface area contributed by atoms with E-state index in [9.17, 15) is 9.59 Å². The van der Waals surface area contributed by atoms with Gasteiger partial charge in [0.1, 0.15) is 5.41 Å². The summed E-state index contributed by atoms with van der Waals surface area (Å²) < 4.78 is 0. The first-order valence-corrected chi connectivity index (χ1v) is 10.5. The third-order valence-electron chi connectivity index (χ3n) is 6.15. The quantitative estimate of drug-likeness (QED) is 0.658. The zero-order chi connectivity index (χ0) is 20.8. The van der Waals surface area contributed by atoms with E-state index in [1.54, 1.807) is 18.2 Å². The number of carbonyl (C=O) groups excluding carboxylic acids is 2. The van der Waals surface area contributed by atoms with Gasteiger partial charge in [0.2, 0.25) is 11.8 Å². The van der Waals surface area contributed by atoms with Crippen LogP contribution < -0.4 is 10.6 Å². The van der Waals surface area contributed by atoms with Crippen molar-refractivity contribution in [2.75, 3.05) is 5.32 Å². The van der Waals surface area contributed by atoms with E-state index < -0.39 is 11.5 Å². The minimum Gasteiger partial charge on any atom is -0.348 e. The predicted molar refractivity (Wildman–Crippen MR) is 117 cm³/mol. The lowest BCUT2D eigenvalue weighted by Crippen LogP contribution is -2.62. The lowest BCUT2D eigenvalue weighted by atomic mass is 9.59. The molecule has 3 unspecified atom stereocenters. The van der Waals surface area contributed by atoms with Crippen LogP contribution in [0.2, 0.25) is 10.0 Å². The lowest BCUT2D eigenvalue weighted by Gasteiger charge is -2.47. The maximum atomic E-state index is 13.7. The molecule has 0 bridgehead atoms. The van der Waals surface area contributed by atoms with E-state index >= 15 is 0 Å². The molecule has 3 atom stereocenters. The Hall–Kier alpha value is -2.30. The highest BCUT2D eigenvalue weighted by molar-refractivity contribution is 6.31. The molecule has 1 saturated heterocycles. The number of carbonyl (C=O) groups is 2. The smallest absolute Gasteiger partial charge is 0.238 e. The van der Waals surface area contributed by atoms with Crippen molar-refractivity contribution in [3.8, 4) is 0 Å². The van der Waals surface area contributed by atoms with E-state index in [-0.39, 0.29) is 24.2 Å². The minimum absolute atomic E-state index is 0.0754. The van der Waals surface area contributed by atoms with Crippen LogP contribution in [0.25, 0.3) is 0 Å². The molecule has 0 saturated carbocycles. The molecular weight excluding hydrogens is 407 g/mol. The van der Waals surface area contributed by atoms with Crippen LogP contribution in [0.1, 0.15) is 43.7 Å². The average Bonchev–Trinajstić information content (AvgIpc) is 2.96. The molecule has 2 heterocycles. The Morgan fingerprint density at radius 2 is 1.93 bits per heavy atom. The number of rotatable bonds is 3. The summed E-state index contributed by atoms with van der Waals surface area (Å²) in [5.41, 5.74) is 2.47. The number of hydrogen-bond donors (Lipinski definition) is 2. The van der Waals surface area contributed by atoms with Crippen molar-refractivity contribution < 1.29 is 9.59 Å². The van der Waals surface area contributed by atoms with Crippen molar-refractivity contribution in [1.82, 2.24) is 5.32 Å². The average molecular weight is 429 g/mol. The van der Waals surface area contributed by atoms with Crippen molar-refractivity contribution in [3.05, 3.63) is 75.3 Å². The Balaban J connectivity index is 2.02. The Morgan fingerprint density at radius 3 is 2.62 bits per heavy atom. The fourth-order valence-corrected chi connectivity index (χ4v) is 5.28. The Bertz CT molecular complexity index is 1030. The van der Waals surface area contributed by atoms with Gasteiger partial charge in [-0.2, -0.15) is 0 Å². The van der Waals surface area contributed by atoms with Crippen LogP contribution in [0.15, 0.2) is 54.1 Å². The first kappa shape index (κ1) is 20.0. The molecule has 2 aromatic rings. The number of piperidine rings is 1. The molecule has 2 amide bonds. The monoisotopic (exact) mass is 428 g/mol. The van der Waals surface area contributed by atoms with Gasteiger partial charge in [0.25, 0.3) is 0 Å².